The minimum atomic E-state index is 0.399. The Balaban J connectivity index is 1.16. The van der Waals surface area contributed by atoms with Crippen LogP contribution in [0.3, 0.4) is 0 Å². The summed E-state index contributed by atoms with van der Waals surface area (Å²) in [7, 11) is 0. The van der Waals surface area contributed by atoms with Gasteiger partial charge in [-0.2, -0.15) is 0 Å². The molecule has 0 atom stereocenters. The molecular weight excluding hydrogens is 348 g/mol. The quantitative estimate of drug-likeness (QED) is 0.374. The molecule has 0 saturated heterocycles. The Kier molecular flexibility index (Phi) is 9.55. The van der Waals surface area contributed by atoms with Gasteiger partial charge in [-0.1, -0.05) is 19.3 Å². The van der Waals surface area contributed by atoms with Crippen molar-refractivity contribution in [2.75, 3.05) is 26.4 Å². The van der Waals surface area contributed by atoms with Gasteiger partial charge in [0, 0.05) is 18.6 Å². The molecule has 0 aromatic rings. The highest BCUT2D eigenvalue weighted by Gasteiger charge is 2.24. The van der Waals surface area contributed by atoms with Crippen LogP contribution < -0.4 is 0 Å². The van der Waals surface area contributed by atoms with Gasteiger partial charge in [-0.15, -0.1) is 11.6 Å². The first-order valence-electron chi connectivity index (χ1n) is 11.2. The average molecular weight is 387 g/mol. The Labute approximate surface area is 165 Å². The summed E-state index contributed by atoms with van der Waals surface area (Å²) < 4.78 is 18.1. The zero-order valence-corrected chi connectivity index (χ0v) is 17.3. The first kappa shape index (κ1) is 20.9. The molecule has 0 aliphatic heterocycles. The van der Waals surface area contributed by atoms with Crippen LogP contribution >= 0.6 is 11.6 Å². The molecule has 3 fully saturated rings. The van der Waals surface area contributed by atoms with Crippen molar-refractivity contribution < 1.29 is 14.2 Å². The Bertz CT molecular complexity index is 356. The molecule has 0 aromatic heterocycles. The molecule has 3 rings (SSSR count). The van der Waals surface area contributed by atoms with Crippen molar-refractivity contribution in [3.05, 3.63) is 0 Å². The number of ether oxygens (including phenoxy) is 3. The first-order valence-corrected chi connectivity index (χ1v) is 11.7. The van der Waals surface area contributed by atoms with Gasteiger partial charge in [0.05, 0.1) is 25.4 Å². The minimum absolute atomic E-state index is 0.399. The molecular formula is C22H39ClO3. The van der Waals surface area contributed by atoms with E-state index in [9.17, 15) is 0 Å². The highest BCUT2D eigenvalue weighted by molar-refractivity contribution is 6.20. The SMILES string of the molecule is ClC1CCC(COCCOC2CCC(OCC3CCCCC3)CC2)CC1. The Morgan fingerprint density at radius 1 is 0.577 bits per heavy atom. The van der Waals surface area contributed by atoms with Crippen LogP contribution in [0.25, 0.3) is 0 Å². The number of hydrogen-bond donors (Lipinski definition) is 0. The molecule has 26 heavy (non-hydrogen) atoms. The van der Waals surface area contributed by atoms with Gasteiger partial charge >= 0.3 is 0 Å². The van der Waals surface area contributed by atoms with Crippen molar-refractivity contribution in [2.24, 2.45) is 11.8 Å². The summed E-state index contributed by atoms with van der Waals surface area (Å²) in [5, 5.41) is 0.399. The van der Waals surface area contributed by atoms with Crippen LogP contribution in [0.1, 0.15) is 83.5 Å². The van der Waals surface area contributed by atoms with Gasteiger partial charge in [0.2, 0.25) is 0 Å². The predicted octanol–water partition coefficient (Wildman–Crippen LogP) is 5.73. The molecule has 0 bridgehead atoms. The molecule has 0 amide bonds. The summed E-state index contributed by atoms with van der Waals surface area (Å²) in [6, 6.07) is 0. The van der Waals surface area contributed by atoms with E-state index in [0.717, 1.165) is 58.0 Å². The lowest BCUT2D eigenvalue weighted by Crippen LogP contribution is -2.29. The molecule has 152 valence electrons. The number of alkyl halides is 1. The monoisotopic (exact) mass is 386 g/mol. The van der Waals surface area contributed by atoms with E-state index in [1.165, 1.54) is 57.8 Å². The summed E-state index contributed by atoms with van der Waals surface area (Å²) in [5.41, 5.74) is 0. The molecule has 3 aliphatic carbocycles. The second-order valence-corrected chi connectivity index (χ2v) is 9.42. The lowest BCUT2D eigenvalue weighted by atomic mass is 9.89. The second kappa shape index (κ2) is 11.9. The first-order chi connectivity index (χ1) is 12.8. The van der Waals surface area contributed by atoms with E-state index < -0.39 is 0 Å². The summed E-state index contributed by atoms with van der Waals surface area (Å²) in [6.07, 6.45) is 17.3. The second-order valence-electron chi connectivity index (χ2n) is 8.80. The van der Waals surface area contributed by atoms with Crippen molar-refractivity contribution in [2.45, 2.75) is 101 Å². The third-order valence-electron chi connectivity index (χ3n) is 6.62. The minimum Gasteiger partial charge on any atom is -0.379 e. The summed E-state index contributed by atoms with van der Waals surface area (Å²) in [4.78, 5) is 0. The van der Waals surface area contributed by atoms with Crippen molar-refractivity contribution >= 4 is 11.6 Å². The highest BCUT2D eigenvalue weighted by Crippen LogP contribution is 2.29. The normalized spacial score (nSPS) is 34.0. The number of hydrogen-bond acceptors (Lipinski definition) is 3. The third-order valence-corrected chi connectivity index (χ3v) is 7.06. The van der Waals surface area contributed by atoms with E-state index in [1.807, 2.05) is 0 Å². The van der Waals surface area contributed by atoms with Crippen molar-refractivity contribution in [1.82, 2.24) is 0 Å². The molecule has 3 nitrogen and oxygen atoms in total. The van der Waals surface area contributed by atoms with E-state index in [2.05, 4.69) is 0 Å². The fourth-order valence-electron chi connectivity index (χ4n) is 4.80. The van der Waals surface area contributed by atoms with E-state index in [-0.39, 0.29) is 0 Å². The number of rotatable bonds is 9. The van der Waals surface area contributed by atoms with Crippen LogP contribution in [0.5, 0.6) is 0 Å². The molecule has 0 unspecified atom stereocenters. The maximum atomic E-state index is 6.20. The Morgan fingerprint density at radius 3 is 1.88 bits per heavy atom. The molecule has 0 radical (unpaired) electrons. The maximum absolute atomic E-state index is 6.20. The van der Waals surface area contributed by atoms with Crippen LogP contribution in [0.2, 0.25) is 0 Å². The van der Waals surface area contributed by atoms with E-state index in [1.54, 1.807) is 0 Å². The smallest absolute Gasteiger partial charge is 0.0704 e. The summed E-state index contributed by atoms with van der Waals surface area (Å²) >= 11 is 6.15. The lowest BCUT2D eigenvalue weighted by molar-refractivity contribution is -0.0558. The third kappa shape index (κ3) is 7.66. The van der Waals surface area contributed by atoms with Gasteiger partial charge < -0.3 is 14.2 Å². The summed E-state index contributed by atoms with van der Waals surface area (Å²) in [5.74, 6) is 1.54. The molecule has 0 heterocycles. The van der Waals surface area contributed by atoms with E-state index >= 15 is 0 Å². The molecule has 4 heteroatoms. The van der Waals surface area contributed by atoms with Gasteiger partial charge in [0.15, 0.2) is 0 Å². The molecule has 0 aromatic carbocycles. The fourth-order valence-corrected chi connectivity index (χ4v) is 5.06. The summed E-state index contributed by atoms with van der Waals surface area (Å²) in [6.45, 7) is 3.35. The standard InChI is InChI=1S/C22H39ClO3/c23-20-8-6-19(7-9-20)16-24-14-15-25-21-10-12-22(13-11-21)26-17-18-4-2-1-3-5-18/h18-22H,1-17H2. The lowest BCUT2D eigenvalue weighted by Gasteiger charge is -2.30. The number of halogens is 1. The molecule has 0 N–H and O–H groups in total. The average Bonchev–Trinajstić information content (AvgIpc) is 2.69. The molecule has 3 aliphatic rings. The predicted molar refractivity (Wildman–Crippen MR) is 107 cm³/mol. The van der Waals surface area contributed by atoms with Crippen LogP contribution in [0.4, 0.5) is 0 Å². The van der Waals surface area contributed by atoms with E-state index in [4.69, 9.17) is 25.8 Å². The van der Waals surface area contributed by atoms with E-state index in [0.29, 0.717) is 23.5 Å². The molecule has 0 spiro atoms. The van der Waals surface area contributed by atoms with Gasteiger partial charge in [0.25, 0.3) is 0 Å². The van der Waals surface area contributed by atoms with Crippen molar-refractivity contribution in [3.63, 3.8) is 0 Å². The Morgan fingerprint density at radius 2 is 1.19 bits per heavy atom. The van der Waals surface area contributed by atoms with Crippen LogP contribution in [-0.2, 0) is 14.2 Å². The van der Waals surface area contributed by atoms with Gasteiger partial charge in [-0.25, -0.2) is 0 Å². The Hall–Kier alpha value is 0.170. The van der Waals surface area contributed by atoms with Gasteiger partial charge in [-0.05, 0) is 76.0 Å². The largest absolute Gasteiger partial charge is 0.379 e. The maximum Gasteiger partial charge on any atom is 0.0704 e. The topological polar surface area (TPSA) is 27.7 Å². The molecule has 3 saturated carbocycles. The zero-order valence-electron chi connectivity index (χ0n) is 16.5. The van der Waals surface area contributed by atoms with Crippen LogP contribution in [0.15, 0.2) is 0 Å². The zero-order chi connectivity index (χ0) is 18.0. The van der Waals surface area contributed by atoms with Crippen LogP contribution in [0, 0.1) is 11.8 Å². The highest BCUT2D eigenvalue weighted by atomic mass is 35.5. The van der Waals surface area contributed by atoms with Crippen molar-refractivity contribution in [3.8, 4) is 0 Å². The van der Waals surface area contributed by atoms with Gasteiger partial charge in [-0.3, -0.25) is 0 Å². The van der Waals surface area contributed by atoms with Crippen molar-refractivity contribution in [1.29, 1.82) is 0 Å². The fraction of sp³-hybridized carbons (Fsp3) is 1.00. The van der Waals surface area contributed by atoms with Crippen LogP contribution in [-0.4, -0.2) is 44.0 Å². The van der Waals surface area contributed by atoms with Gasteiger partial charge in [0.1, 0.15) is 0 Å².